The molecule has 0 aliphatic carbocycles. The fourth-order valence-corrected chi connectivity index (χ4v) is 3.72. The Hall–Kier alpha value is -3.55. The van der Waals surface area contributed by atoms with E-state index in [-0.39, 0.29) is 26.3 Å². The van der Waals surface area contributed by atoms with Crippen molar-refractivity contribution in [1.82, 2.24) is 14.8 Å². The number of hydrogen-bond acceptors (Lipinski definition) is 7. The first-order chi connectivity index (χ1) is 13.4. The summed E-state index contributed by atoms with van der Waals surface area (Å²) in [5.74, 6) is -2.04. The zero-order valence-corrected chi connectivity index (χ0v) is 15.5. The summed E-state index contributed by atoms with van der Waals surface area (Å²) < 4.78 is 40.1. The summed E-state index contributed by atoms with van der Waals surface area (Å²) in [6.07, 6.45) is -3.70. The molecule has 0 fully saturated rings. The van der Waals surface area contributed by atoms with E-state index in [0.717, 1.165) is 16.9 Å². The van der Waals surface area contributed by atoms with Crippen molar-refractivity contribution in [2.24, 2.45) is 12.8 Å². The number of carbonyl (C=O) groups is 2. The molecule has 0 atom stereocenters. The second-order valence-corrected chi connectivity index (χ2v) is 6.92. The number of alkyl halides is 3. The van der Waals surface area contributed by atoms with E-state index in [9.17, 15) is 32.9 Å². The molecule has 2 amide bonds. The molecule has 0 unspecified atom stereocenters. The molecule has 14 heteroatoms. The van der Waals surface area contributed by atoms with Gasteiger partial charge >= 0.3 is 11.9 Å². The normalized spacial score (nSPS) is 11.6. The Morgan fingerprint density at radius 1 is 1.38 bits per heavy atom. The minimum atomic E-state index is -4.71. The number of nitro groups is 1. The van der Waals surface area contributed by atoms with Crippen molar-refractivity contribution in [3.05, 3.63) is 44.2 Å². The lowest BCUT2D eigenvalue weighted by Gasteiger charge is -2.09. The van der Waals surface area contributed by atoms with Gasteiger partial charge in [-0.2, -0.15) is 18.3 Å². The monoisotopic (exact) mass is 428 g/mol. The lowest BCUT2D eigenvalue weighted by atomic mass is 10.1. The minimum Gasteiger partial charge on any atom is -0.365 e. The molecule has 10 nitrogen and oxygen atoms in total. The van der Waals surface area contributed by atoms with Crippen LogP contribution in [0.2, 0.25) is 0 Å². The van der Waals surface area contributed by atoms with E-state index < -0.39 is 40.0 Å². The van der Waals surface area contributed by atoms with Crippen molar-refractivity contribution in [3.63, 3.8) is 0 Å². The van der Waals surface area contributed by atoms with Crippen molar-refractivity contribution in [1.29, 1.82) is 0 Å². The molecule has 3 heterocycles. The van der Waals surface area contributed by atoms with Crippen molar-refractivity contribution in [3.8, 4) is 0 Å². The van der Waals surface area contributed by atoms with Gasteiger partial charge in [-0.1, -0.05) is 0 Å². The van der Waals surface area contributed by atoms with Crippen LogP contribution in [-0.2, 0) is 13.2 Å². The summed E-state index contributed by atoms with van der Waals surface area (Å²) in [4.78, 5) is 37.7. The van der Waals surface area contributed by atoms with Crippen LogP contribution < -0.4 is 11.1 Å². The molecule has 3 rings (SSSR count). The number of carbonyl (C=O) groups excluding carboxylic acids is 2. The molecule has 0 aliphatic rings. The Kier molecular flexibility index (Phi) is 4.74. The van der Waals surface area contributed by atoms with E-state index in [1.165, 1.54) is 14.0 Å². The first-order valence-corrected chi connectivity index (χ1v) is 8.52. The first-order valence-electron chi connectivity index (χ1n) is 7.70. The van der Waals surface area contributed by atoms with Gasteiger partial charge in [0.2, 0.25) is 5.69 Å². The Bertz CT molecular complexity index is 1180. The third kappa shape index (κ3) is 3.61. The average molecular weight is 428 g/mol. The Labute approximate surface area is 163 Å². The first kappa shape index (κ1) is 20.2. The van der Waals surface area contributed by atoms with Crippen LogP contribution in [0.15, 0.2) is 12.3 Å². The summed E-state index contributed by atoms with van der Waals surface area (Å²) >= 11 is 0.569. The predicted molar refractivity (Wildman–Crippen MR) is 95.7 cm³/mol. The van der Waals surface area contributed by atoms with Crippen LogP contribution in [0.25, 0.3) is 10.2 Å². The number of rotatable bonds is 4. The van der Waals surface area contributed by atoms with Gasteiger partial charge in [0.1, 0.15) is 21.6 Å². The van der Waals surface area contributed by atoms with E-state index in [2.05, 4.69) is 15.4 Å². The molecule has 0 aliphatic heterocycles. The summed E-state index contributed by atoms with van der Waals surface area (Å²) in [5, 5.41) is 17.2. The second kappa shape index (κ2) is 6.80. The number of anilines is 1. The number of aromatic nitrogens is 3. The van der Waals surface area contributed by atoms with Gasteiger partial charge in [0.15, 0.2) is 0 Å². The summed E-state index contributed by atoms with van der Waals surface area (Å²) in [5.41, 5.74) is 2.90. The van der Waals surface area contributed by atoms with Crippen LogP contribution in [0, 0.1) is 17.0 Å². The van der Waals surface area contributed by atoms with Crippen LogP contribution in [-0.4, -0.2) is 31.5 Å². The molecule has 29 heavy (non-hydrogen) atoms. The lowest BCUT2D eigenvalue weighted by Crippen LogP contribution is -2.18. The second-order valence-electron chi connectivity index (χ2n) is 5.92. The van der Waals surface area contributed by atoms with E-state index in [1.807, 2.05) is 0 Å². The summed E-state index contributed by atoms with van der Waals surface area (Å²) in [6.45, 7) is 1.34. The summed E-state index contributed by atoms with van der Waals surface area (Å²) in [6, 6.07) is 0.763. The maximum Gasteiger partial charge on any atom is 0.433 e. The lowest BCUT2D eigenvalue weighted by molar-refractivity contribution is -0.385. The predicted octanol–water partition coefficient (Wildman–Crippen LogP) is 2.62. The maximum absolute atomic E-state index is 13.0. The van der Waals surface area contributed by atoms with Gasteiger partial charge in [-0.15, -0.1) is 11.3 Å². The highest BCUT2D eigenvalue weighted by atomic mass is 32.1. The highest BCUT2D eigenvalue weighted by molar-refractivity contribution is 7.21. The molecule has 152 valence electrons. The smallest absolute Gasteiger partial charge is 0.365 e. The largest absolute Gasteiger partial charge is 0.433 e. The molecule has 0 radical (unpaired) electrons. The number of nitrogens with zero attached hydrogens (tertiary/aromatic N) is 4. The highest BCUT2D eigenvalue weighted by Crippen LogP contribution is 2.40. The van der Waals surface area contributed by atoms with E-state index in [1.54, 1.807) is 0 Å². The molecule has 3 aromatic rings. The molecule has 3 N–H and O–H groups in total. The number of nitrogens with one attached hydrogen (secondary N) is 1. The van der Waals surface area contributed by atoms with Crippen LogP contribution >= 0.6 is 11.3 Å². The van der Waals surface area contributed by atoms with Gasteiger partial charge in [0, 0.05) is 12.4 Å². The number of aryl methyl sites for hydroxylation is 2. The van der Waals surface area contributed by atoms with Crippen molar-refractivity contribution >= 4 is 44.7 Å². The number of pyridine rings is 1. The maximum atomic E-state index is 13.0. The zero-order valence-electron chi connectivity index (χ0n) is 14.7. The number of thiophene rings is 1. The number of amides is 2. The average Bonchev–Trinajstić information content (AvgIpc) is 3.15. The van der Waals surface area contributed by atoms with Gasteiger partial charge < -0.3 is 11.1 Å². The molecule has 0 saturated heterocycles. The standard InChI is InChI=1S/C15H11F3N6O4S/c1-5-3-7(15(16,17)18)20-14-8(5)10(11(29-14)12(19)25)21-13(26)9-6(24(27)28)4-23(2)22-9/h3-4H,1-2H3,(H2,19,25)(H,21,26). The molecule has 0 spiro atoms. The van der Waals surface area contributed by atoms with Crippen molar-refractivity contribution in [2.45, 2.75) is 13.1 Å². The molecular formula is C15H11F3N6O4S. The molecule has 0 aromatic carbocycles. The molecule has 3 aromatic heterocycles. The van der Waals surface area contributed by atoms with E-state index >= 15 is 0 Å². The Morgan fingerprint density at radius 2 is 2.03 bits per heavy atom. The topological polar surface area (TPSA) is 146 Å². The van der Waals surface area contributed by atoms with Crippen molar-refractivity contribution < 1.29 is 27.7 Å². The third-order valence-electron chi connectivity index (χ3n) is 3.83. The van der Waals surface area contributed by atoms with Gasteiger partial charge in [-0.25, -0.2) is 4.98 Å². The highest BCUT2D eigenvalue weighted by Gasteiger charge is 2.34. The fraction of sp³-hybridized carbons (Fsp3) is 0.200. The Morgan fingerprint density at radius 3 is 2.59 bits per heavy atom. The molecule has 0 saturated carbocycles. The van der Waals surface area contributed by atoms with Crippen LogP contribution in [0.4, 0.5) is 24.5 Å². The number of nitrogens with two attached hydrogens (primary N) is 1. The number of hydrogen-bond donors (Lipinski definition) is 2. The number of fused-ring (bicyclic) bond motifs is 1. The van der Waals surface area contributed by atoms with Gasteiger partial charge in [-0.3, -0.25) is 24.4 Å². The SMILES string of the molecule is Cc1cc(C(F)(F)F)nc2sc(C(N)=O)c(NC(=O)c3nn(C)cc3[N+](=O)[O-])c12. The Balaban J connectivity index is 2.16. The third-order valence-corrected chi connectivity index (χ3v) is 4.93. The van der Waals surface area contributed by atoms with Crippen LogP contribution in [0.1, 0.15) is 31.4 Å². The van der Waals surface area contributed by atoms with Crippen LogP contribution in [0.3, 0.4) is 0 Å². The van der Waals surface area contributed by atoms with Gasteiger partial charge in [0.05, 0.1) is 10.6 Å². The van der Waals surface area contributed by atoms with E-state index in [4.69, 9.17) is 5.73 Å². The molecular weight excluding hydrogens is 417 g/mol. The van der Waals surface area contributed by atoms with Gasteiger partial charge in [-0.05, 0) is 18.6 Å². The minimum absolute atomic E-state index is 0.0729. The zero-order chi connectivity index (χ0) is 21.7. The number of halogens is 3. The summed E-state index contributed by atoms with van der Waals surface area (Å²) in [7, 11) is 1.37. The van der Waals surface area contributed by atoms with E-state index in [0.29, 0.717) is 11.3 Å². The van der Waals surface area contributed by atoms with Crippen LogP contribution in [0.5, 0.6) is 0 Å². The number of primary amides is 1. The fourth-order valence-electron chi connectivity index (χ4n) is 2.66. The quantitative estimate of drug-likeness (QED) is 0.482. The molecule has 0 bridgehead atoms. The van der Waals surface area contributed by atoms with Gasteiger partial charge in [0.25, 0.3) is 11.8 Å². The van der Waals surface area contributed by atoms with Crippen molar-refractivity contribution in [2.75, 3.05) is 5.32 Å².